The van der Waals surface area contributed by atoms with Crippen LogP contribution >= 0.6 is 23.2 Å². The Balaban J connectivity index is 2.83. The highest BCUT2D eigenvalue weighted by atomic mass is 35.5. The second-order valence-corrected chi connectivity index (χ2v) is 9.13. The van der Waals surface area contributed by atoms with Crippen LogP contribution in [-0.4, -0.2) is 16.4 Å². The van der Waals surface area contributed by atoms with Crippen LogP contribution in [0.2, 0.25) is 10.0 Å². The van der Waals surface area contributed by atoms with Crippen molar-refractivity contribution in [3.05, 3.63) is 21.2 Å². The fourth-order valence-electron chi connectivity index (χ4n) is 3.98. The van der Waals surface area contributed by atoms with Gasteiger partial charge in [0.25, 0.3) is 0 Å². The fourth-order valence-corrected chi connectivity index (χ4v) is 4.51. The highest BCUT2D eigenvalue weighted by molar-refractivity contribution is 6.43. The molecular weight excluding hydrogens is 435 g/mol. The van der Waals surface area contributed by atoms with Crippen molar-refractivity contribution >= 4 is 29.4 Å². The fraction of sp³-hybridized carbons (Fsp3) is 0.720. The second kappa shape index (κ2) is 16.5. The molecule has 0 aliphatic rings. The van der Waals surface area contributed by atoms with Crippen molar-refractivity contribution < 1.29 is 19.7 Å². The quantitative estimate of drug-likeness (QED) is 0.134. The summed E-state index contributed by atoms with van der Waals surface area (Å²) in [6.45, 7) is 4.42. The molecule has 0 bridgehead atoms. The third-order valence-electron chi connectivity index (χ3n) is 5.77. The highest BCUT2D eigenvalue weighted by Crippen LogP contribution is 2.46. The lowest BCUT2D eigenvalue weighted by Gasteiger charge is -2.18. The summed E-state index contributed by atoms with van der Waals surface area (Å²) in [5.74, 6) is -0.429. The lowest BCUT2D eigenvalue weighted by atomic mass is 9.94. The first-order chi connectivity index (χ1) is 14.9. The molecule has 0 aliphatic heterocycles. The maximum atomic E-state index is 11.1. The van der Waals surface area contributed by atoms with Gasteiger partial charge in [0.15, 0.2) is 11.5 Å². The van der Waals surface area contributed by atoms with Gasteiger partial charge in [0.05, 0.1) is 5.02 Å². The molecule has 0 saturated carbocycles. The predicted octanol–water partition coefficient (Wildman–Crippen LogP) is 9.34. The minimum Gasteiger partial charge on any atom is -0.504 e. The average Bonchev–Trinajstić information content (AvgIpc) is 2.74. The molecule has 0 aliphatic carbocycles. The molecule has 1 aromatic carbocycles. The molecule has 0 radical (unpaired) electrons. The van der Waals surface area contributed by atoms with Gasteiger partial charge in [0, 0.05) is 5.56 Å². The van der Waals surface area contributed by atoms with E-state index in [4.69, 9.17) is 33.0 Å². The molecule has 0 aromatic heterocycles. The second-order valence-electron chi connectivity index (χ2n) is 8.37. The molecule has 0 amide bonds. The molecule has 4 nitrogen and oxygen atoms in total. The van der Waals surface area contributed by atoms with E-state index in [9.17, 15) is 9.90 Å². The van der Waals surface area contributed by atoms with Gasteiger partial charge in [-0.25, -0.2) is 4.79 Å². The number of ether oxygens (including phenoxy) is 1. The molecule has 0 unspecified atom stereocenters. The third kappa shape index (κ3) is 10.4. The van der Waals surface area contributed by atoms with Gasteiger partial charge < -0.3 is 14.9 Å². The van der Waals surface area contributed by atoms with Gasteiger partial charge in [-0.15, -0.1) is 0 Å². The molecule has 6 heteroatoms. The smallest absolute Gasteiger partial charge is 0.504 e. The Hall–Kier alpha value is -1.13. The Kier molecular flexibility index (Phi) is 14.8. The molecule has 0 saturated heterocycles. The number of rotatable bonds is 17. The van der Waals surface area contributed by atoms with E-state index in [-0.39, 0.29) is 16.5 Å². The van der Waals surface area contributed by atoms with Crippen LogP contribution in [0.1, 0.15) is 115 Å². The van der Waals surface area contributed by atoms with E-state index in [0.29, 0.717) is 17.0 Å². The largest absolute Gasteiger partial charge is 0.511 e. The van der Waals surface area contributed by atoms with Crippen molar-refractivity contribution in [2.24, 2.45) is 0 Å². The summed E-state index contributed by atoms with van der Waals surface area (Å²) < 4.78 is 4.75. The van der Waals surface area contributed by atoms with Crippen molar-refractivity contribution in [3.63, 3.8) is 0 Å². The van der Waals surface area contributed by atoms with E-state index in [1.165, 1.54) is 57.8 Å². The van der Waals surface area contributed by atoms with E-state index in [2.05, 4.69) is 13.8 Å². The summed E-state index contributed by atoms with van der Waals surface area (Å²) in [6.07, 6.45) is 16.2. The Labute approximate surface area is 198 Å². The summed E-state index contributed by atoms with van der Waals surface area (Å²) in [7, 11) is 0. The normalized spacial score (nSPS) is 11.1. The molecule has 0 spiro atoms. The minimum atomic E-state index is -1.52. The molecule has 1 aromatic rings. The lowest BCUT2D eigenvalue weighted by Crippen LogP contribution is -2.07. The number of aromatic hydroxyl groups is 1. The van der Waals surface area contributed by atoms with Crippen molar-refractivity contribution in [1.29, 1.82) is 0 Å². The zero-order valence-electron chi connectivity index (χ0n) is 19.3. The van der Waals surface area contributed by atoms with Crippen LogP contribution in [0.4, 0.5) is 4.79 Å². The summed E-state index contributed by atoms with van der Waals surface area (Å²) in [5, 5.41) is 20.1. The maximum Gasteiger partial charge on any atom is 0.511 e. The monoisotopic (exact) mass is 474 g/mol. The summed E-state index contributed by atoms with van der Waals surface area (Å²) in [5.41, 5.74) is 1.52. The van der Waals surface area contributed by atoms with Crippen LogP contribution in [-0.2, 0) is 12.8 Å². The van der Waals surface area contributed by atoms with Crippen LogP contribution in [0.3, 0.4) is 0 Å². The van der Waals surface area contributed by atoms with Gasteiger partial charge >= 0.3 is 6.16 Å². The first kappa shape index (κ1) is 27.9. The molecule has 0 atom stereocenters. The van der Waals surface area contributed by atoms with Gasteiger partial charge in [0.2, 0.25) is 0 Å². The number of carboxylic acid groups (broad SMARTS) is 1. The Morgan fingerprint density at radius 2 is 1.13 bits per heavy atom. The van der Waals surface area contributed by atoms with Crippen molar-refractivity contribution in [2.75, 3.05) is 0 Å². The Morgan fingerprint density at radius 3 is 1.58 bits per heavy atom. The molecular formula is C25H40Cl2O4. The van der Waals surface area contributed by atoms with Gasteiger partial charge in [-0.1, -0.05) is 114 Å². The molecule has 2 N–H and O–H groups in total. The number of hydrogen-bond donors (Lipinski definition) is 2. The molecule has 31 heavy (non-hydrogen) atoms. The number of halogens is 2. The van der Waals surface area contributed by atoms with E-state index in [1.54, 1.807) is 0 Å². The molecule has 0 fully saturated rings. The molecule has 1 rings (SSSR count). The van der Waals surface area contributed by atoms with Crippen molar-refractivity contribution in [2.45, 2.75) is 117 Å². The SMILES string of the molecule is CCCCCCCCCc1c(O)c(OC(=O)O)c(Cl)c(Cl)c1CCCCCCCCC. The van der Waals surface area contributed by atoms with Gasteiger partial charge in [-0.05, 0) is 31.2 Å². The van der Waals surface area contributed by atoms with E-state index in [0.717, 1.165) is 44.1 Å². The first-order valence-corrected chi connectivity index (χ1v) is 12.8. The summed E-state index contributed by atoms with van der Waals surface area (Å²) in [4.78, 5) is 11.1. The number of unbranched alkanes of at least 4 members (excludes halogenated alkanes) is 12. The maximum absolute atomic E-state index is 11.1. The predicted molar refractivity (Wildman–Crippen MR) is 130 cm³/mol. The number of phenols is 1. The third-order valence-corrected chi connectivity index (χ3v) is 6.65. The van der Waals surface area contributed by atoms with Crippen LogP contribution in [0.15, 0.2) is 0 Å². The number of carbonyl (C=O) groups is 1. The van der Waals surface area contributed by atoms with E-state index >= 15 is 0 Å². The Bertz CT molecular complexity index is 662. The summed E-state index contributed by atoms with van der Waals surface area (Å²) in [6, 6.07) is 0. The van der Waals surface area contributed by atoms with Crippen molar-refractivity contribution in [3.8, 4) is 11.5 Å². The number of phenolic OH excluding ortho intramolecular Hbond substituents is 1. The number of benzene rings is 1. The van der Waals surface area contributed by atoms with Crippen molar-refractivity contribution in [1.82, 2.24) is 0 Å². The average molecular weight is 475 g/mol. The summed E-state index contributed by atoms with van der Waals surface area (Å²) >= 11 is 12.8. The van der Waals surface area contributed by atoms with Crippen LogP contribution in [0.25, 0.3) is 0 Å². The first-order valence-electron chi connectivity index (χ1n) is 12.1. The van der Waals surface area contributed by atoms with Gasteiger partial charge in [0.1, 0.15) is 5.02 Å². The topological polar surface area (TPSA) is 66.8 Å². The van der Waals surface area contributed by atoms with E-state index in [1.807, 2.05) is 0 Å². The number of hydrogen-bond acceptors (Lipinski definition) is 3. The standard InChI is InChI=1S/C25H40Cl2O4/c1-3-5-7-9-11-13-15-17-19-20(18-16-14-12-10-8-6-4-2)23(28)24(31-25(29)30)22(27)21(19)26/h28H,3-18H2,1-2H3,(H,29,30). The zero-order chi connectivity index (χ0) is 23.1. The Morgan fingerprint density at radius 1 is 0.710 bits per heavy atom. The molecule has 0 heterocycles. The van der Waals surface area contributed by atoms with Crippen LogP contribution in [0.5, 0.6) is 11.5 Å². The molecule has 178 valence electrons. The van der Waals surface area contributed by atoms with Crippen LogP contribution < -0.4 is 4.74 Å². The minimum absolute atomic E-state index is 0.0252. The van der Waals surface area contributed by atoms with Crippen LogP contribution in [0, 0.1) is 0 Å². The zero-order valence-corrected chi connectivity index (χ0v) is 20.8. The van der Waals surface area contributed by atoms with E-state index < -0.39 is 6.16 Å². The van der Waals surface area contributed by atoms with Gasteiger partial charge in [-0.2, -0.15) is 0 Å². The lowest BCUT2D eigenvalue weighted by molar-refractivity contribution is 0.143. The highest BCUT2D eigenvalue weighted by Gasteiger charge is 2.24. The van der Waals surface area contributed by atoms with Gasteiger partial charge in [-0.3, -0.25) is 0 Å².